The topological polar surface area (TPSA) is 50.7 Å². The van der Waals surface area contributed by atoms with Crippen LogP contribution in [-0.4, -0.2) is 14.5 Å². The SMILES string of the molecule is Cc1cccc(CSc2nc3c([nH]c4ccccc43)c(=O)n2-c2ccccc2C)c1. The fraction of sp³-hybridized carbons (Fsp3) is 0.120. The van der Waals surface area contributed by atoms with Crippen LogP contribution in [0.1, 0.15) is 16.7 Å². The Hall–Kier alpha value is -3.31. The van der Waals surface area contributed by atoms with Gasteiger partial charge in [0.2, 0.25) is 0 Å². The van der Waals surface area contributed by atoms with Gasteiger partial charge < -0.3 is 4.98 Å². The van der Waals surface area contributed by atoms with Gasteiger partial charge in [-0.05, 0) is 37.1 Å². The minimum absolute atomic E-state index is 0.0720. The van der Waals surface area contributed by atoms with Crippen LogP contribution in [0.25, 0.3) is 27.6 Å². The summed E-state index contributed by atoms with van der Waals surface area (Å²) in [6, 6.07) is 24.3. The Kier molecular flexibility index (Phi) is 4.68. The molecule has 5 rings (SSSR count). The monoisotopic (exact) mass is 411 g/mol. The van der Waals surface area contributed by atoms with Crippen molar-refractivity contribution in [3.63, 3.8) is 0 Å². The molecule has 0 aliphatic carbocycles. The minimum Gasteiger partial charge on any atom is -0.349 e. The average Bonchev–Trinajstić information content (AvgIpc) is 3.12. The Balaban J connectivity index is 1.73. The Morgan fingerprint density at radius 1 is 0.967 bits per heavy atom. The lowest BCUT2D eigenvalue weighted by Crippen LogP contribution is -2.22. The highest BCUT2D eigenvalue weighted by Gasteiger charge is 2.18. The van der Waals surface area contributed by atoms with Crippen LogP contribution >= 0.6 is 11.8 Å². The Labute approximate surface area is 178 Å². The lowest BCUT2D eigenvalue weighted by Gasteiger charge is -2.14. The third-order valence-electron chi connectivity index (χ3n) is 5.30. The van der Waals surface area contributed by atoms with E-state index >= 15 is 0 Å². The highest BCUT2D eigenvalue weighted by Crippen LogP contribution is 2.29. The summed E-state index contributed by atoms with van der Waals surface area (Å²) in [6.07, 6.45) is 0. The number of hydrogen-bond acceptors (Lipinski definition) is 3. The second-order valence-electron chi connectivity index (χ2n) is 7.49. The van der Waals surface area contributed by atoms with Gasteiger partial charge in [-0.15, -0.1) is 0 Å². The fourth-order valence-corrected chi connectivity index (χ4v) is 4.76. The van der Waals surface area contributed by atoms with E-state index in [1.165, 1.54) is 11.1 Å². The van der Waals surface area contributed by atoms with Gasteiger partial charge in [-0.3, -0.25) is 9.36 Å². The van der Waals surface area contributed by atoms with Crippen molar-refractivity contribution in [2.75, 3.05) is 0 Å². The molecule has 5 heteroatoms. The van der Waals surface area contributed by atoms with E-state index in [4.69, 9.17) is 4.98 Å². The molecule has 5 aromatic rings. The van der Waals surface area contributed by atoms with Gasteiger partial charge in [0.1, 0.15) is 11.0 Å². The maximum atomic E-state index is 13.6. The summed E-state index contributed by atoms with van der Waals surface area (Å²) in [5.74, 6) is 0.744. The molecule has 0 atom stereocenters. The molecule has 0 aliphatic rings. The van der Waals surface area contributed by atoms with Crippen LogP contribution in [0.5, 0.6) is 0 Å². The van der Waals surface area contributed by atoms with E-state index in [1.807, 2.05) is 55.5 Å². The normalized spacial score (nSPS) is 11.4. The van der Waals surface area contributed by atoms with E-state index in [0.717, 1.165) is 33.4 Å². The second kappa shape index (κ2) is 7.50. The summed E-state index contributed by atoms with van der Waals surface area (Å²) in [7, 11) is 0. The van der Waals surface area contributed by atoms with Crippen molar-refractivity contribution < 1.29 is 0 Å². The van der Waals surface area contributed by atoms with E-state index in [-0.39, 0.29) is 5.56 Å². The Bertz CT molecular complexity index is 1450. The van der Waals surface area contributed by atoms with Gasteiger partial charge in [-0.2, -0.15) is 0 Å². The van der Waals surface area contributed by atoms with Gasteiger partial charge in [0.05, 0.1) is 5.69 Å². The molecular formula is C25H21N3OS. The molecule has 0 fully saturated rings. The van der Waals surface area contributed by atoms with Crippen molar-refractivity contribution in [2.24, 2.45) is 0 Å². The molecule has 0 saturated heterocycles. The van der Waals surface area contributed by atoms with Crippen LogP contribution in [0.15, 0.2) is 82.7 Å². The number of benzene rings is 3. The van der Waals surface area contributed by atoms with E-state index in [2.05, 4.69) is 36.2 Å². The molecule has 3 aromatic carbocycles. The lowest BCUT2D eigenvalue weighted by molar-refractivity contribution is 0.813. The van der Waals surface area contributed by atoms with E-state index in [9.17, 15) is 4.79 Å². The summed E-state index contributed by atoms with van der Waals surface area (Å²) in [5, 5.41) is 1.67. The zero-order chi connectivity index (χ0) is 20.7. The average molecular weight is 412 g/mol. The zero-order valence-corrected chi connectivity index (χ0v) is 17.7. The summed E-state index contributed by atoms with van der Waals surface area (Å²) in [5.41, 5.74) is 6.46. The molecule has 0 amide bonds. The number of hydrogen-bond donors (Lipinski definition) is 1. The lowest BCUT2D eigenvalue weighted by atomic mass is 10.2. The van der Waals surface area contributed by atoms with E-state index < -0.39 is 0 Å². The van der Waals surface area contributed by atoms with Gasteiger partial charge in [0.25, 0.3) is 5.56 Å². The molecule has 0 unspecified atom stereocenters. The van der Waals surface area contributed by atoms with Crippen LogP contribution < -0.4 is 5.56 Å². The molecule has 2 heterocycles. The summed E-state index contributed by atoms with van der Waals surface area (Å²) >= 11 is 1.59. The number of thioether (sulfide) groups is 1. The molecule has 30 heavy (non-hydrogen) atoms. The molecule has 0 saturated carbocycles. The standard InChI is InChI=1S/C25H21N3OS/c1-16-8-7-10-18(14-16)15-30-25-27-22-19-11-4-5-12-20(19)26-23(22)24(29)28(25)21-13-6-3-9-17(21)2/h3-14,26H,15H2,1-2H3. The van der Waals surface area contributed by atoms with Crippen molar-refractivity contribution in [1.82, 2.24) is 14.5 Å². The van der Waals surface area contributed by atoms with Crippen LogP contribution in [0.4, 0.5) is 0 Å². The van der Waals surface area contributed by atoms with Crippen LogP contribution in [-0.2, 0) is 5.75 Å². The molecule has 0 spiro atoms. The Morgan fingerprint density at radius 2 is 1.77 bits per heavy atom. The molecule has 0 bridgehead atoms. The van der Waals surface area contributed by atoms with Crippen LogP contribution in [0.3, 0.4) is 0 Å². The van der Waals surface area contributed by atoms with E-state index in [1.54, 1.807) is 16.3 Å². The predicted octanol–water partition coefficient (Wildman–Crippen LogP) is 5.78. The first-order valence-electron chi connectivity index (χ1n) is 9.89. The largest absolute Gasteiger partial charge is 0.349 e. The maximum Gasteiger partial charge on any atom is 0.283 e. The van der Waals surface area contributed by atoms with Crippen molar-refractivity contribution in [2.45, 2.75) is 24.8 Å². The van der Waals surface area contributed by atoms with Gasteiger partial charge in [0.15, 0.2) is 5.16 Å². The number of aryl methyl sites for hydroxylation is 2. The summed E-state index contributed by atoms with van der Waals surface area (Å²) in [4.78, 5) is 21.9. The van der Waals surface area contributed by atoms with Crippen molar-refractivity contribution in [1.29, 1.82) is 0 Å². The number of rotatable bonds is 4. The third-order valence-corrected chi connectivity index (χ3v) is 6.31. The number of para-hydroxylation sites is 2. The van der Waals surface area contributed by atoms with Crippen LogP contribution in [0, 0.1) is 13.8 Å². The molecule has 2 aromatic heterocycles. The molecule has 148 valence electrons. The van der Waals surface area contributed by atoms with Crippen molar-refractivity contribution >= 4 is 33.7 Å². The molecule has 0 aliphatic heterocycles. The predicted molar refractivity (Wildman–Crippen MR) is 125 cm³/mol. The summed E-state index contributed by atoms with van der Waals surface area (Å²) in [6.45, 7) is 4.11. The molecular weight excluding hydrogens is 390 g/mol. The van der Waals surface area contributed by atoms with Gasteiger partial charge in [0, 0.05) is 16.7 Å². The van der Waals surface area contributed by atoms with Crippen molar-refractivity contribution in [3.05, 3.63) is 99.8 Å². The maximum absolute atomic E-state index is 13.6. The first-order valence-corrected chi connectivity index (χ1v) is 10.9. The number of aromatic nitrogens is 3. The highest BCUT2D eigenvalue weighted by molar-refractivity contribution is 7.98. The third kappa shape index (κ3) is 3.21. The van der Waals surface area contributed by atoms with Gasteiger partial charge >= 0.3 is 0 Å². The fourth-order valence-electron chi connectivity index (χ4n) is 3.82. The number of fused-ring (bicyclic) bond motifs is 3. The summed E-state index contributed by atoms with van der Waals surface area (Å²) < 4.78 is 1.74. The molecule has 1 N–H and O–H groups in total. The minimum atomic E-state index is -0.0720. The number of aromatic amines is 1. The number of H-pyrrole nitrogens is 1. The number of nitrogens with one attached hydrogen (secondary N) is 1. The molecule has 4 nitrogen and oxygen atoms in total. The van der Waals surface area contributed by atoms with Gasteiger partial charge in [-0.25, -0.2) is 4.98 Å². The Morgan fingerprint density at radius 3 is 2.60 bits per heavy atom. The van der Waals surface area contributed by atoms with Crippen molar-refractivity contribution in [3.8, 4) is 5.69 Å². The first-order chi connectivity index (χ1) is 14.6. The smallest absolute Gasteiger partial charge is 0.283 e. The molecule has 0 radical (unpaired) electrons. The number of nitrogens with zero attached hydrogens (tertiary/aromatic N) is 2. The quantitative estimate of drug-likeness (QED) is 0.301. The van der Waals surface area contributed by atoms with Crippen LogP contribution in [0.2, 0.25) is 0 Å². The van der Waals surface area contributed by atoms with E-state index in [0.29, 0.717) is 10.7 Å². The first kappa shape index (κ1) is 18.7. The zero-order valence-electron chi connectivity index (χ0n) is 16.8. The van der Waals surface area contributed by atoms with Gasteiger partial charge in [-0.1, -0.05) is 78.0 Å². The second-order valence-corrected chi connectivity index (χ2v) is 8.44. The highest BCUT2D eigenvalue weighted by atomic mass is 32.2.